The molecule has 164 valence electrons. The Bertz CT molecular complexity index is 998. The van der Waals surface area contributed by atoms with E-state index in [0.29, 0.717) is 26.3 Å². The Balaban J connectivity index is 0.00000132. The molecule has 2 saturated heterocycles. The van der Waals surface area contributed by atoms with Gasteiger partial charge in [0.15, 0.2) is 0 Å². The minimum Gasteiger partial charge on any atom is -0.457 e. The van der Waals surface area contributed by atoms with Crippen LogP contribution in [0, 0.1) is 0 Å². The summed E-state index contributed by atoms with van der Waals surface area (Å²) in [5.74, 6) is 1.07. The predicted molar refractivity (Wildman–Crippen MR) is 130 cm³/mol. The number of furan rings is 1. The largest absolute Gasteiger partial charge is 0.457 e. The van der Waals surface area contributed by atoms with Crippen LogP contribution in [0.2, 0.25) is 0 Å². The summed E-state index contributed by atoms with van der Waals surface area (Å²) in [6.07, 6.45) is 2.68. The van der Waals surface area contributed by atoms with Gasteiger partial charge in [0, 0.05) is 36.8 Å². The van der Waals surface area contributed by atoms with Gasteiger partial charge in [0.2, 0.25) is 0 Å². The van der Waals surface area contributed by atoms with Crippen LogP contribution in [0.5, 0.6) is 0 Å². The molecule has 0 bridgehead atoms. The van der Waals surface area contributed by atoms with E-state index < -0.39 is 0 Å². The second-order valence-electron chi connectivity index (χ2n) is 7.25. The molecule has 2 aromatic rings. The standard InChI is InChI=1S/C21H21N3O3S2.C2H6/c1-23-10-9-15(12-23)24(2)20(26)14-5-3-13(4-6-14)17-8-7-16(27-17)11-18-19(25)22-21(28)29-18;1-2/h3-8,11,15H,9-10,12H2,1-2H3,(H,22,25,28);1-2H3/b18-11-;. The molecule has 2 fully saturated rings. The lowest BCUT2D eigenvalue weighted by atomic mass is 10.1. The number of likely N-dealkylation sites (tertiary alicyclic amines) is 1. The fraction of sp³-hybridized carbons (Fsp3) is 0.348. The lowest BCUT2D eigenvalue weighted by Gasteiger charge is -2.24. The smallest absolute Gasteiger partial charge is 0.263 e. The van der Waals surface area contributed by atoms with E-state index in [2.05, 4.69) is 17.3 Å². The first kappa shape index (κ1) is 23.2. The number of amides is 2. The van der Waals surface area contributed by atoms with Crippen molar-refractivity contribution in [3.63, 3.8) is 0 Å². The van der Waals surface area contributed by atoms with Crippen LogP contribution in [0.15, 0.2) is 45.7 Å². The third-order valence-electron chi connectivity index (χ3n) is 5.19. The van der Waals surface area contributed by atoms with Gasteiger partial charge < -0.3 is 19.5 Å². The predicted octanol–water partition coefficient (Wildman–Crippen LogP) is 4.24. The van der Waals surface area contributed by atoms with Gasteiger partial charge in [-0.2, -0.15) is 0 Å². The Kier molecular flexibility index (Phi) is 7.69. The molecule has 1 aromatic carbocycles. The Morgan fingerprint density at radius 2 is 1.97 bits per heavy atom. The average Bonchev–Trinajstić information content (AvgIpc) is 3.50. The molecule has 1 aromatic heterocycles. The molecule has 8 heteroatoms. The van der Waals surface area contributed by atoms with Crippen LogP contribution in [0.25, 0.3) is 17.4 Å². The van der Waals surface area contributed by atoms with Gasteiger partial charge in [0.1, 0.15) is 15.8 Å². The quantitative estimate of drug-likeness (QED) is 0.547. The molecule has 1 unspecified atom stereocenters. The van der Waals surface area contributed by atoms with E-state index in [1.807, 2.05) is 56.1 Å². The van der Waals surface area contributed by atoms with Crippen LogP contribution in [0.1, 0.15) is 36.4 Å². The van der Waals surface area contributed by atoms with Gasteiger partial charge in [0.05, 0.1) is 4.91 Å². The summed E-state index contributed by atoms with van der Waals surface area (Å²) in [6.45, 7) is 5.93. The molecule has 0 saturated carbocycles. The zero-order valence-electron chi connectivity index (χ0n) is 18.2. The molecule has 31 heavy (non-hydrogen) atoms. The number of hydrogen-bond acceptors (Lipinski definition) is 6. The van der Waals surface area contributed by atoms with Crippen molar-refractivity contribution in [3.05, 3.63) is 52.6 Å². The van der Waals surface area contributed by atoms with Gasteiger partial charge >= 0.3 is 0 Å². The highest BCUT2D eigenvalue weighted by atomic mass is 32.2. The van der Waals surface area contributed by atoms with Crippen LogP contribution in [-0.4, -0.2) is 59.2 Å². The SMILES string of the molecule is CC.CN1CCC(N(C)C(=O)c2ccc(-c3ccc(/C=C4\SC(=S)NC4=O)o3)cc2)C1. The van der Waals surface area contributed by atoms with Gasteiger partial charge in [-0.15, -0.1) is 0 Å². The van der Waals surface area contributed by atoms with E-state index in [0.717, 1.165) is 25.1 Å². The number of hydrogen-bond donors (Lipinski definition) is 1. The molecular weight excluding hydrogens is 430 g/mol. The van der Waals surface area contributed by atoms with Crippen molar-refractivity contribution in [2.45, 2.75) is 26.3 Å². The van der Waals surface area contributed by atoms with E-state index in [1.54, 1.807) is 12.1 Å². The number of thiocarbonyl (C=S) groups is 1. The molecule has 2 amide bonds. The molecule has 0 spiro atoms. The minimum atomic E-state index is -0.210. The first-order valence-corrected chi connectivity index (χ1v) is 11.5. The zero-order valence-corrected chi connectivity index (χ0v) is 19.8. The van der Waals surface area contributed by atoms with Crippen molar-refractivity contribution in [2.24, 2.45) is 0 Å². The first-order valence-electron chi connectivity index (χ1n) is 10.3. The van der Waals surface area contributed by atoms with Gasteiger partial charge in [-0.1, -0.05) is 50.0 Å². The molecule has 3 heterocycles. The third-order valence-corrected chi connectivity index (χ3v) is 6.36. The molecule has 2 aliphatic rings. The molecule has 0 aliphatic carbocycles. The summed E-state index contributed by atoms with van der Waals surface area (Å²) in [4.78, 5) is 29.1. The van der Waals surface area contributed by atoms with E-state index in [4.69, 9.17) is 16.6 Å². The zero-order chi connectivity index (χ0) is 22.5. The number of likely N-dealkylation sites (N-methyl/N-ethyl adjacent to an activating group) is 2. The van der Waals surface area contributed by atoms with Crippen LogP contribution >= 0.6 is 24.0 Å². The van der Waals surface area contributed by atoms with Gasteiger partial charge in [-0.05, 0) is 44.3 Å². The number of thioether (sulfide) groups is 1. The van der Waals surface area contributed by atoms with E-state index in [9.17, 15) is 9.59 Å². The molecule has 1 atom stereocenters. The first-order chi connectivity index (χ1) is 14.9. The molecule has 1 N–H and O–H groups in total. The summed E-state index contributed by atoms with van der Waals surface area (Å²) in [5, 5.41) is 2.58. The second-order valence-corrected chi connectivity index (χ2v) is 8.97. The summed E-state index contributed by atoms with van der Waals surface area (Å²) in [7, 11) is 3.95. The normalized spacial score (nSPS) is 19.9. The average molecular weight is 458 g/mol. The summed E-state index contributed by atoms with van der Waals surface area (Å²) in [6, 6.07) is 11.3. The van der Waals surface area contributed by atoms with Gasteiger partial charge in [-0.25, -0.2) is 0 Å². The highest BCUT2D eigenvalue weighted by molar-refractivity contribution is 8.26. The minimum absolute atomic E-state index is 0.0296. The number of rotatable bonds is 4. The Morgan fingerprint density at radius 1 is 1.26 bits per heavy atom. The second kappa shape index (κ2) is 10.3. The fourth-order valence-corrected chi connectivity index (χ4v) is 4.53. The number of nitrogens with zero attached hydrogens (tertiary/aromatic N) is 2. The summed E-state index contributed by atoms with van der Waals surface area (Å²) >= 11 is 6.21. The van der Waals surface area contributed by atoms with Gasteiger partial charge in [-0.3, -0.25) is 9.59 Å². The number of benzene rings is 1. The molecule has 6 nitrogen and oxygen atoms in total. The van der Waals surface area contributed by atoms with Crippen LogP contribution in [0.4, 0.5) is 0 Å². The molecule has 2 aliphatic heterocycles. The monoisotopic (exact) mass is 457 g/mol. The lowest BCUT2D eigenvalue weighted by Crippen LogP contribution is -2.38. The molecular formula is C23H27N3O3S2. The van der Waals surface area contributed by atoms with Crippen LogP contribution in [-0.2, 0) is 4.79 Å². The highest BCUT2D eigenvalue weighted by Gasteiger charge is 2.27. The number of nitrogens with one attached hydrogen (secondary N) is 1. The maximum atomic E-state index is 12.8. The van der Waals surface area contributed by atoms with Crippen molar-refractivity contribution in [3.8, 4) is 11.3 Å². The number of carbonyl (C=O) groups excluding carboxylic acids is 2. The Hall–Kier alpha value is -2.42. The maximum absolute atomic E-state index is 12.8. The topological polar surface area (TPSA) is 65.8 Å². The van der Waals surface area contributed by atoms with Crippen molar-refractivity contribution in [1.82, 2.24) is 15.1 Å². The van der Waals surface area contributed by atoms with Crippen molar-refractivity contribution < 1.29 is 14.0 Å². The van der Waals surface area contributed by atoms with Crippen molar-refractivity contribution in [1.29, 1.82) is 0 Å². The van der Waals surface area contributed by atoms with E-state index in [1.165, 1.54) is 11.8 Å². The van der Waals surface area contributed by atoms with Crippen LogP contribution in [0.3, 0.4) is 0 Å². The maximum Gasteiger partial charge on any atom is 0.263 e. The highest BCUT2D eigenvalue weighted by Crippen LogP contribution is 2.29. The van der Waals surface area contributed by atoms with E-state index in [-0.39, 0.29) is 17.9 Å². The summed E-state index contributed by atoms with van der Waals surface area (Å²) < 4.78 is 6.29. The van der Waals surface area contributed by atoms with Crippen molar-refractivity contribution in [2.75, 3.05) is 27.2 Å². The fourth-order valence-electron chi connectivity index (χ4n) is 3.51. The van der Waals surface area contributed by atoms with Crippen molar-refractivity contribution >= 4 is 46.2 Å². The molecule has 4 rings (SSSR count). The third kappa shape index (κ3) is 5.44. The van der Waals surface area contributed by atoms with E-state index >= 15 is 0 Å². The summed E-state index contributed by atoms with van der Waals surface area (Å²) in [5.41, 5.74) is 1.53. The lowest BCUT2D eigenvalue weighted by molar-refractivity contribution is -0.115. The molecule has 0 radical (unpaired) electrons. The Labute approximate surface area is 192 Å². The number of carbonyl (C=O) groups is 2. The Morgan fingerprint density at radius 3 is 2.55 bits per heavy atom. The van der Waals surface area contributed by atoms with Gasteiger partial charge in [0.25, 0.3) is 11.8 Å². The van der Waals surface area contributed by atoms with Crippen LogP contribution < -0.4 is 5.32 Å².